The number of methoxy groups -OCH3 is 1. The molecule has 0 saturated carbocycles. The highest BCUT2D eigenvalue weighted by atomic mass is 16.5. The molecule has 2 aromatic carbocycles. The number of benzene rings is 2. The highest BCUT2D eigenvalue weighted by molar-refractivity contribution is 5.39. The van der Waals surface area contributed by atoms with E-state index in [1.165, 1.54) is 22.3 Å². The van der Waals surface area contributed by atoms with Crippen molar-refractivity contribution in [3.63, 3.8) is 0 Å². The van der Waals surface area contributed by atoms with Crippen LogP contribution in [0.5, 0.6) is 5.75 Å². The second-order valence-corrected chi connectivity index (χ2v) is 4.40. The second-order valence-electron chi connectivity index (χ2n) is 4.40. The van der Waals surface area contributed by atoms with Gasteiger partial charge in [0.25, 0.3) is 0 Å². The highest BCUT2D eigenvalue weighted by Gasteiger charge is 2.04. The van der Waals surface area contributed by atoms with Crippen molar-refractivity contribution < 1.29 is 4.74 Å². The molecular weight excluding hydrogens is 208 g/mol. The molecule has 1 heteroatoms. The Morgan fingerprint density at radius 3 is 2.29 bits per heavy atom. The summed E-state index contributed by atoms with van der Waals surface area (Å²) < 4.78 is 5.28. The van der Waals surface area contributed by atoms with E-state index >= 15 is 0 Å². The zero-order chi connectivity index (χ0) is 12.3. The van der Waals surface area contributed by atoms with Gasteiger partial charge in [-0.25, -0.2) is 0 Å². The van der Waals surface area contributed by atoms with Gasteiger partial charge in [-0.2, -0.15) is 0 Å². The van der Waals surface area contributed by atoms with Gasteiger partial charge in [-0.05, 0) is 54.7 Å². The van der Waals surface area contributed by atoms with Crippen LogP contribution in [0.3, 0.4) is 0 Å². The Morgan fingerprint density at radius 1 is 0.882 bits per heavy atom. The molecule has 88 valence electrons. The van der Waals surface area contributed by atoms with Crippen LogP contribution in [0.2, 0.25) is 0 Å². The van der Waals surface area contributed by atoms with Crippen molar-refractivity contribution in [2.45, 2.75) is 20.3 Å². The fraction of sp³-hybridized carbons (Fsp3) is 0.250. The fourth-order valence-electron chi connectivity index (χ4n) is 1.98. The van der Waals surface area contributed by atoms with E-state index < -0.39 is 0 Å². The Bertz CT molecular complexity index is 515. The molecule has 0 aliphatic rings. The topological polar surface area (TPSA) is 9.23 Å². The average molecular weight is 226 g/mol. The lowest BCUT2D eigenvalue weighted by atomic mass is 9.97. The van der Waals surface area contributed by atoms with Gasteiger partial charge in [0, 0.05) is 0 Å². The molecular formula is C16H18O. The molecule has 2 aromatic rings. The Labute approximate surface area is 103 Å². The zero-order valence-electron chi connectivity index (χ0n) is 10.7. The van der Waals surface area contributed by atoms with Gasteiger partial charge in [0.15, 0.2) is 0 Å². The lowest BCUT2D eigenvalue weighted by Crippen LogP contribution is -1.95. The minimum absolute atomic E-state index is 0.930. The summed E-state index contributed by atoms with van der Waals surface area (Å²) in [4.78, 5) is 0. The predicted octanol–water partition coefficient (Wildman–Crippen LogP) is 3.90. The first-order valence-electron chi connectivity index (χ1n) is 5.88. The first-order valence-corrected chi connectivity index (χ1v) is 5.88. The first-order chi connectivity index (χ1) is 8.20. The molecule has 0 aliphatic heterocycles. The van der Waals surface area contributed by atoms with Crippen LogP contribution in [0.15, 0.2) is 42.5 Å². The average Bonchev–Trinajstić information content (AvgIpc) is 2.35. The lowest BCUT2D eigenvalue weighted by molar-refractivity contribution is 0.414. The van der Waals surface area contributed by atoms with E-state index in [1.807, 2.05) is 6.07 Å². The molecule has 0 radical (unpaired) electrons. The van der Waals surface area contributed by atoms with E-state index in [1.54, 1.807) is 7.11 Å². The van der Waals surface area contributed by atoms with Crippen LogP contribution in [-0.4, -0.2) is 7.11 Å². The molecule has 0 fully saturated rings. The summed E-state index contributed by atoms with van der Waals surface area (Å²) >= 11 is 0. The van der Waals surface area contributed by atoms with Gasteiger partial charge in [0.05, 0.1) is 7.11 Å². The van der Waals surface area contributed by atoms with Crippen LogP contribution >= 0.6 is 0 Å². The summed E-state index contributed by atoms with van der Waals surface area (Å²) in [7, 11) is 1.71. The first kappa shape index (κ1) is 11.7. The van der Waals surface area contributed by atoms with Crippen LogP contribution in [0.25, 0.3) is 0 Å². The summed E-state index contributed by atoms with van der Waals surface area (Å²) in [6.07, 6.45) is 0.968. The maximum absolute atomic E-state index is 5.28. The van der Waals surface area contributed by atoms with Crippen molar-refractivity contribution in [2.24, 2.45) is 0 Å². The normalized spacial score (nSPS) is 10.3. The lowest BCUT2D eigenvalue weighted by Gasteiger charge is -2.10. The predicted molar refractivity (Wildman–Crippen MR) is 71.7 cm³/mol. The van der Waals surface area contributed by atoms with E-state index in [2.05, 4.69) is 50.2 Å². The SMILES string of the molecule is COc1ccc(C)c(Cc2ccccc2C)c1. The van der Waals surface area contributed by atoms with E-state index in [0.717, 1.165) is 12.2 Å². The van der Waals surface area contributed by atoms with Crippen molar-refractivity contribution >= 4 is 0 Å². The molecule has 0 heterocycles. The Morgan fingerprint density at radius 2 is 1.59 bits per heavy atom. The van der Waals surface area contributed by atoms with E-state index in [-0.39, 0.29) is 0 Å². The molecule has 0 unspecified atom stereocenters. The van der Waals surface area contributed by atoms with Crippen molar-refractivity contribution in [1.82, 2.24) is 0 Å². The van der Waals surface area contributed by atoms with Gasteiger partial charge in [-0.15, -0.1) is 0 Å². The molecule has 2 rings (SSSR count). The summed E-state index contributed by atoms with van der Waals surface area (Å²) in [6, 6.07) is 14.8. The fourth-order valence-corrected chi connectivity index (χ4v) is 1.98. The quantitative estimate of drug-likeness (QED) is 0.771. The molecule has 0 spiro atoms. The van der Waals surface area contributed by atoms with E-state index in [9.17, 15) is 0 Å². The maximum atomic E-state index is 5.28. The van der Waals surface area contributed by atoms with Gasteiger partial charge in [0.2, 0.25) is 0 Å². The van der Waals surface area contributed by atoms with Crippen LogP contribution in [-0.2, 0) is 6.42 Å². The summed E-state index contributed by atoms with van der Waals surface area (Å²) in [5.41, 5.74) is 5.37. The number of hydrogen-bond donors (Lipinski definition) is 0. The largest absolute Gasteiger partial charge is 0.497 e. The minimum Gasteiger partial charge on any atom is -0.497 e. The summed E-state index contributed by atoms with van der Waals surface area (Å²) in [6.45, 7) is 4.30. The van der Waals surface area contributed by atoms with Crippen molar-refractivity contribution in [2.75, 3.05) is 7.11 Å². The molecule has 0 amide bonds. The van der Waals surface area contributed by atoms with E-state index in [4.69, 9.17) is 4.74 Å². The van der Waals surface area contributed by atoms with Crippen LogP contribution in [0, 0.1) is 13.8 Å². The Hall–Kier alpha value is -1.76. The maximum Gasteiger partial charge on any atom is 0.119 e. The van der Waals surface area contributed by atoms with Gasteiger partial charge in [-0.1, -0.05) is 30.3 Å². The molecule has 0 atom stereocenters. The summed E-state index contributed by atoms with van der Waals surface area (Å²) in [5, 5.41) is 0. The molecule has 1 nitrogen and oxygen atoms in total. The smallest absolute Gasteiger partial charge is 0.119 e. The number of aryl methyl sites for hydroxylation is 2. The molecule has 0 aromatic heterocycles. The van der Waals surface area contributed by atoms with E-state index in [0.29, 0.717) is 0 Å². The number of rotatable bonds is 3. The van der Waals surface area contributed by atoms with Crippen molar-refractivity contribution in [3.05, 3.63) is 64.7 Å². The second kappa shape index (κ2) is 5.05. The molecule has 17 heavy (non-hydrogen) atoms. The van der Waals surface area contributed by atoms with Crippen LogP contribution in [0.1, 0.15) is 22.3 Å². The molecule has 0 N–H and O–H groups in total. The van der Waals surface area contributed by atoms with Gasteiger partial charge in [-0.3, -0.25) is 0 Å². The van der Waals surface area contributed by atoms with Crippen LogP contribution in [0.4, 0.5) is 0 Å². The Balaban J connectivity index is 2.32. The standard InChI is InChI=1S/C16H18O/c1-12-6-4-5-7-14(12)10-15-11-16(17-3)9-8-13(15)2/h4-9,11H,10H2,1-3H3. The summed E-state index contributed by atoms with van der Waals surface area (Å²) in [5.74, 6) is 0.930. The van der Waals surface area contributed by atoms with Gasteiger partial charge < -0.3 is 4.74 Å². The highest BCUT2D eigenvalue weighted by Crippen LogP contribution is 2.21. The van der Waals surface area contributed by atoms with Crippen LogP contribution < -0.4 is 4.74 Å². The third-order valence-corrected chi connectivity index (χ3v) is 3.20. The molecule has 0 saturated heterocycles. The molecule has 0 bridgehead atoms. The van der Waals surface area contributed by atoms with Gasteiger partial charge >= 0.3 is 0 Å². The molecule has 0 aliphatic carbocycles. The number of ether oxygens (including phenoxy) is 1. The van der Waals surface area contributed by atoms with Crippen molar-refractivity contribution in [3.8, 4) is 5.75 Å². The monoisotopic (exact) mass is 226 g/mol. The van der Waals surface area contributed by atoms with Crippen molar-refractivity contribution in [1.29, 1.82) is 0 Å². The Kier molecular flexibility index (Phi) is 3.48. The third-order valence-electron chi connectivity index (χ3n) is 3.20. The minimum atomic E-state index is 0.930. The number of hydrogen-bond acceptors (Lipinski definition) is 1. The van der Waals surface area contributed by atoms with Gasteiger partial charge in [0.1, 0.15) is 5.75 Å². The zero-order valence-corrected chi connectivity index (χ0v) is 10.7. The third kappa shape index (κ3) is 2.68.